The van der Waals surface area contributed by atoms with Crippen LogP contribution >= 0.6 is 0 Å². The molecule has 0 saturated heterocycles. The molecule has 2 rings (SSSR count). The van der Waals surface area contributed by atoms with E-state index in [9.17, 15) is 26.4 Å². The van der Waals surface area contributed by atoms with Gasteiger partial charge in [-0.1, -0.05) is 12.2 Å². The molecule has 2 N–H and O–H groups in total. The zero-order valence-corrected chi connectivity index (χ0v) is 11.2. The highest BCUT2D eigenvalue weighted by Gasteiger charge is 2.30. The Morgan fingerprint density at radius 1 is 1.19 bits per heavy atom. The Hall–Kier alpha value is -1.87. The summed E-state index contributed by atoms with van der Waals surface area (Å²) in [6, 6.07) is 0.240. The van der Waals surface area contributed by atoms with Crippen LogP contribution in [0, 0.1) is 23.4 Å². The molecule has 0 aromatic heterocycles. The van der Waals surface area contributed by atoms with Crippen LogP contribution < -0.4 is 4.72 Å². The maximum atomic E-state index is 13.5. The molecule has 0 heterocycles. The first-order valence-corrected chi connectivity index (χ1v) is 7.27. The van der Waals surface area contributed by atoms with Gasteiger partial charge in [0, 0.05) is 6.04 Å². The molecule has 9 heteroatoms. The lowest BCUT2D eigenvalue weighted by molar-refractivity contribution is -0.140. The van der Waals surface area contributed by atoms with Gasteiger partial charge in [-0.2, -0.15) is 0 Å². The molecule has 1 aliphatic rings. The Morgan fingerprint density at radius 2 is 1.86 bits per heavy atom. The van der Waals surface area contributed by atoms with Gasteiger partial charge in [-0.3, -0.25) is 4.79 Å². The van der Waals surface area contributed by atoms with Crippen LogP contribution in [-0.4, -0.2) is 25.5 Å². The number of hydrogen-bond acceptors (Lipinski definition) is 3. The van der Waals surface area contributed by atoms with Crippen LogP contribution in [0.1, 0.15) is 6.42 Å². The summed E-state index contributed by atoms with van der Waals surface area (Å²) in [6.07, 6.45) is 2.57. The van der Waals surface area contributed by atoms with E-state index in [1.165, 1.54) is 12.2 Å². The highest BCUT2D eigenvalue weighted by Crippen LogP contribution is 2.23. The van der Waals surface area contributed by atoms with Crippen molar-refractivity contribution in [1.82, 2.24) is 4.72 Å². The van der Waals surface area contributed by atoms with Gasteiger partial charge in [0.2, 0.25) is 10.0 Å². The monoisotopic (exact) mass is 321 g/mol. The van der Waals surface area contributed by atoms with Crippen LogP contribution in [0.2, 0.25) is 0 Å². The van der Waals surface area contributed by atoms with Crippen molar-refractivity contribution in [3.63, 3.8) is 0 Å². The van der Waals surface area contributed by atoms with Crippen LogP contribution in [0.25, 0.3) is 0 Å². The van der Waals surface area contributed by atoms with Crippen molar-refractivity contribution < 1.29 is 31.5 Å². The maximum Gasteiger partial charge on any atom is 0.310 e. The summed E-state index contributed by atoms with van der Waals surface area (Å²) in [4.78, 5) is 9.71. The first kappa shape index (κ1) is 15.5. The average Bonchev–Trinajstić information content (AvgIpc) is 2.83. The Kier molecular flexibility index (Phi) is 4.06. The molecule has 0 fully saturated rings. The predicted octanol–water partition coefficient (Wildman–Crippen LogP) is 1.41. The van der Waals surface area contributed by atoms with Crippen molar-refractivity contribution in [2.75, 3.05) is 0 Å². The molecule has 1 aliphatic carbocycles. The minimum absolute atomic E-state index is 0.0418. The quantitative estimate of drug-likeness (QED) is 0.649. The third kappa shape index (κ3) is 3.08. The number of rotatable bonds is 4. The number of hydrogen-bond donors (Lipinski definition) is 2. The first-order valence-electron chi connectivity index (χ1n) is 5.79. The highest BCUT2D eigenvalue weighted by molar-refractivity contribution is 7.89. The van der Waals surface area contributed by atoms with Gasteiger partial charge in [0.15, 0.2) is 17.5 Å². The number of benzene rings is 1. The van der Waals surface area contributed by atoms with E-state index >= 15 is 0 Å². The van der Waals surface area contributed by atoms with Crippen molar-refractivity contribution >= 4 is 16.0 Å². The van der Waals surface area contributed by atoms with Crippen LogP contribution in [0.5, 0.6) is 0 Å². The Bertz CT molecular complexity index is 717. The molecular weight excluding hydrogens is 311 g/mol. The molecule has 0 radical (unpaired) electrons. The van der Waals surface area contributed by atoms with Gasteiger partial charge in [0.25, 0.3) is 0 Å². The van der Waals surface area contributed by atoms with Gasteiger partial charge >= 0.3 is 5.97 Å². The number of carboxylic acid groups (broad SMARTS) is 1. The van der Waals surface area contributed by atoms with E-state index in [1.807, 2.05) is 4.72 Å². The molecule has 114 valence electrons. The zero-order valence-electron chi connectivity index (χ0n) is 10.4. The van der Waals surface area contributed by atoms with Crippen LogP contribution in [0.15, 0.2) is 29.2 Å². The number of sulfonamides is 1. The predicted molar refractivity (Wildman–Crippen MR) is 65.3 cm³/mol. The smallest absolute Gasteiger partial charge is 0.310 e. The Labute approximate surface area is 118 Å². The standard InChI is InChI=1S/C12H10F3NO4S/c13-8-3-4-9(11(15)10(8)14)21(19,20)16-7-2-1-6(5-7)12(17)18/h1-4,6-7,16H,5H2,(H,17,18). The van der Waals surface area contributed by atoms with E-state index in [4.69, 9.17) is 5.11 Å². The lowest BCUT2D eigenvalue weighted by Gasteiger charge is -2.13. The number of aliphatic carboxylic acids is 1. The maximum absolute atomic E-state index is 13.5. The highest BCUT2D eigenvalue weighted by atomic mass is 32.2. The SMILES string of the molecule is O=C(O)C1C=CC(NS(=O)(=O)c2ccc(F)c(F)c2F)C1. The van der Waals surface area contributed by atoms with Gasteiger partial charge < -0.3 is 5.11 Å². The summed E-state index contributed by atoms with van der Waals surface area (Å²) < 4.78 is 65.2. The second-order valence-corrected chi connectivity index (χ2v) is 6.15. The molecule has 1 aromatic rings. The molecular formula is C12H10F3NO4S. The topological polar surface area (TPSA) is 83.5 Å². The largest absolute Gasteiger partial charge is 0.481 e. The zero-order chi connectivity index (χ0) is 15.8. The molecule has 0 spiro atoms. The van der Waals surface area contributed by atoms with Crippen molar-refractivity contribution in [1.29, 1.82) is 0 Å². The molecule has 0 bridgehead atoms. The second kappa shape index (κ2) is 5.49. The van der Waals surface area contributed by atoms with E-state index in [0.717, 1.165) is 0 Å². The van der Waals surface area contributed by atoms with E-state index in [-0.39, 0.29) is 6.42 Å². The van der Waals surface area contributed by atoms with Gasteiger partial charge in [-0.15, -0.1) is 0 Å². The van der Waals surface area contributed by atoms with Crippen molar-refractivity contribution in [3.05, 3.63) is 41.7 Å². The minimum atomic E-state index is -4.44. The van der Waals surface area contributed by atoms with E-state index in [2.05, 4.69) is 0 Å². The number of halogens is 3. The van der Waals surface area contributed by atoms with Crippen molar-refractivity contribution in [2.24, 2.45) is 5.92 Å². The summed E-state index contributed by atoms with van der Waals surface area (Å²) in [6.45, 7) is 0. The number of carboxylic acids is 1. The lowest BCUT2D eigenvalue weighted by atomic mass is 10.1. The van der Waals surface area contributed by atoms with Crippen LogP contribution in [-0.2, 0) is 14.8 Å². The molecule has 21 heavy (non-hydrogen) atoms. The molecule has 5 nitrogen and oxygen atoms in total. The summed E-state index contributed by atoms with van der Waals surface area (Å²) in [7, 11) is -4.44. The summed E-state index contributed by atoms with van der Waals surface area (Å²) in [5.41, 5.74) is 0. The summed E-state index contributed by atoms with van der Waals surface area (Å²) in [5, 5.41) is 8.78. The molecule has 0 aliphatic heterocycles. The van der Waals surface area contributed by atoms with Crippen LogP contribution in [0.4, 0.5) is 13.2 Å². The third-order valence-corrected chi connectivity index (χ3v) is 4.50. The molecule has 0 amide bonds. The minimum Gasteiger partial charge on any atom is -0.481 e. The van der Waals surface area contributed by atoms with Crippen molar-refractivity contribution in [2.45, 2.75) is 17.4 Å². The third-order valence-electron chi connectivity index (χ3n) is 3.00. The van der Waals surface area contributed by atoms with Gasteiger partial charge in [0.05, 0.1) is 5.92 Å². The number of carbonyl (C=O) groups is 1. The van der Waals surface area contributed by atoms with Crippen molar-refractivity contribution in [3.8, 4) is 0 Å². The van der Waals surface area contributed by atoms with Gasteiger partial charge in [0.1, 0.15) is 4.90 Å². The van der Waals surface area contributed by atoms with Gasteiger partial charge in [-0.05, 0) is 18.6 Å². The first-order chi connectivity index (χ1) is 9.72. The lowest BCUT2D eigenvalue weighted by Crippen LogP contribution is -2.34. The van der Waals surface area contributed by atoms with Gasteiger partial charge in [-0.25, -0.2) is 26.3 Å². The fourth-order valence-electron chi connectivity index (χ4n) is 1.95. The fourth-order valence-corrected chi connectivity index (χ4v) is 3.22. The summed E-state index contributed by atoms with van der Waals surface area (Å²) >= 11 is 0. The van der Waals surface area contributed by atoms with E-state index < -0.39 is 50.3 Å². The molecule has 2 atom stereocenters. The molecule has 0 saturated carbocycles. The Balaban J connectivity index is 2.23. The van der Waals surface area contributed by atoms with Crippen LogP contribution in [0.3, 0.4) is 0 Å². The van der Waals surface area contributed by atoms with E-state index in [0.29, 0.717) is 12.1 Å². The number of nitrogens with one attached hydrogen (secondary N) is 1. The average molecular weight is 321 g/mol. The second-order valence-electron chi connectivity index (χ2n) is 4.47. The van der Waals surface area contributed by atoms with E-state index in [1.54, 1.807) is 0 Å². The normalized spacial score (nSPS) is 21.7. The molecule has 2 unspecified atom stereocenters. The summed E-state index contributed by atoms with van der Waals surface area (Å²) in [5.74, 6) is -7.18. The fraction of sp³-hybridized carbons (Fsp3) is 0.250. The molecule has 1 aromatic carbocycles. The Morgan fingerprint density at radius 3 is 2.43 bits per heavy atom.